The monoisotopic (exact) mass is 435 g/mol. The SMILES string of the molecule is Cc1cc2oc(=O)c(CC(=O)NCc3ccc(F)cc3)c(C)c2c2occ(C(C)(C)C)c12. The van der Waals surface area contributed by atoms with Gasteiger partial charge in [-0.25, -0.2) is 9.18 Å². The minimum Gasteiger partial charge on any atom is -0.463 e. The Hall–Kier alpha value is -3.41. The van der Waals surface area contributed by atoms with E-state index in [9.17, 15) is 14.0 Å². The summed E-state index contributed by atoms with van der Waals surface area (Å²) in [6.45, 7) is 10.4. The third-order valence-electron chi connectivity index (χ3n) is 5.83. The molecule has 32 heavy (non-hydrogen) atoms. The number of rotatable bonds is 4. The van der Waals surface area contributed by atoms with E-state index in [0.717, 1.165) is 22.1 Å². The lowest BCUT2D eigenvalue weighted by Crippen LogP contribution is -2.27. The van der Waals surface area contributed by atoms with Crippen molar-refractivity contribution in [1.82, 2.24) is 5.32 Å². The van der Waals surface area contributed by atoms with Crippen LogP contribution in [0.15, 0.2) is 50.2 Å². The molecule has 166 valence electrons. The largest absolute Gasteiger partial charge is 0.463 e. The number of carbonyl (C=O) groups excluding carboxylic acids is 1. The molecule has 0 atom stereocenters. The van der Waals surface area contributed by atoms with Crippen LogP contribution in [0.2, 0.25) is 0 Å². The molecule has 0 radical (unpaired) electrons. The first-order valence-electron chi connectivity index (χ1n) is 10.5. The van der Waals surface area contributed by atoms with Gasteiger partial charge in [-0.1, -0.05) is 32.9 Å². The molecule has 0 saturated carbocycles. The second-order valence-electron chi connectivity index (χ2n) is 9.24. The standard InChI is InChI=1S/C26H26FNO4/c1-14-10-20-23(24-22(14)19(13-31-24)26(3,4)5)15(2)18(25(30)32-20)11-21(29)28-12-16-6-8-17(27)9-7-16/h6-10,13H,11-12H2,1-5H3,(H,28,29). The lowest BCUT2D eigenvalue weighted by molar-refractivity contribution is -0.120. The van der Waals surface area contributed by atoms with Crippen molar-refractivity contribution >= 4 is 27.8 Å². The lowest BCUT2D eigenvalue weighted by atomic mass is 9.85. The van der Waals surface area contributed by atoms with Gasteiger partial charge in [0, 0.05) is 17.5 Å². The number of fused-ring (bicyclic) bond motifs is 3. The van der Waals surface area contributed by atoms with Crippen molar-refractivity contribution < 1.29 is 18.0 Å². The third kappa shape index (κ3) is 3.93. The van der Waals surface area contributed by atoms with Crippen molar-refractivity contribution in [2.75, 3.05) is 0 Å². The summed E-state index contributed by atoms with van der Waals surface area (Å²) in [6, 6.07) is 7.75. The Morgan fingerprint density at radius 2 is 1.78 bits per heavy atom. The van der Waals surface area contributed by atoms with Crippen molar-refractivity contribution in [3.05, 3.63) is 80.6 Å². The van der Waals surface area contributed by atoms with Crippen molar-refractivity contribution in [3.8, 4) is 0 Å². The Morgan fingerprint density at radius 1 is 1.09 bits per heavy atom. The zero-order valence-electron chi connectivity index (χ0n) is 18.9. The molecule has 1 amide bonds. The van der Waals surface area contributed by atoms with Gasteiger partial charge in [-0.05, 0) is 54.2 Å². The van der Waals surface area contributed by atoms with E-state index in [-0.39, 0.29) is 30.1 Å². The van der Waals surface area contributed by atoms with E-state index in [1.165, 1.54) is 12.1 Å². The predicted molar refractivity (Wildman–Crippen MR) is 122 cm³/mol. The van der Waals surface area contributed by atoms with Gasteiger partial charge in [0.05, 0.1) is 23.6 Å². The van der Waals surface area contributed by atoms with Gasteiger partial charge in [-0.2, -0.15) is 0 Å². The molecule has 0 aliphatic rings. The summed E-state index contributed by atoms with van der Waals surface area (Å²) < 4.78 is 24.6. The third-order valence-corrected chi connectivity index (χ3v) is 5.83. The van der Waals surface area contributed by atoms with Gasteiger partial charge >= 0.3 is 5.63 Å². The van der Waals surface area contributed by atoms with Crippen LogP contribution in [-0.4, -0.2) is 5.91 Å². The van der Waals surface area contributed by atoms with E-state index in [2.05, 4.69) is 26.1 Å². The maximum atomic E-state index is 13.1. The number of nitrogens with one attached hydrogen (secondary N) is 1. The highest BCUT2D eigenvalue weighted by atomic mass is 19.1. The molecule has 0 aliphatic carbocycles. The maximum Gasteiger partial charge on any atom is 0.340 e. The Labute approximate surface area is 185 Å². The average molecular weight is 435 g/mol. The summed E-state index contributed by atoms with van der Waals surface area (Å²) in [6.07, 6.45) is 1.64. The zero-order valence-corrected chi connectivity index (χ0v) is 18.9. The quantitative estimate of drug-likeness (QED) is 0.433. The molecule has 2 heterocycles. The highest BCUT2D eigenvalue weighted by Crippen LogP contribution is 2.38. The van der Waals surface area contributed by atoms with Crippen LogP contribution in [0.25, 0.3) is 21.9 Å². The number of aryl methyl sites for hydroxylation is 2. The van der Waals surface area contributed by atoms with Gasteiger partial charge in [-0.15, -0.1) is 0 Å². The van der Waals surface area contributed by atoms with Crippen LogP contribution in [0.1, 0.15) is 48.6 Å². The molecule has 0 aliphatic heterocycles. The van der Waals surface area contributed by atoms with Crippen LogP contribution < -0.4 is 10.9 Å². The van der Waals surface area contributed by atoms with Crippen LogP contribution in [0.4, 0.5) is 4.39 Å². The highest BCUT2D eigenvalue weighted by molar-refractivity contribution is 6.07. The topological polar surface area (TPSA) is 72.5 Å². The number of hydrogen-bond acceptors (Lipinski definition) is 4. The Morgan fingerprint density at radius 3 is 2.44 bits per heavy atom. The molecule has 0 bridgehead atoms. The van der Waals surface area contributed by atoms with E-state index in [1.807, 2.05) is 19.9 Å². The molecule has 0 saturated heterocycles. The lowest BCUT2D eigenvalue weighted by Gasteiger charge is -2.17. The van der Waals surface area contributed by atoms with Gasteiger partial charge < -0.3 is 14.2 Å². The Bertz CT molecular complexity index is 1390. The number of benzene rings is 2. The summed E-state index contributed by atoms with van der Waals surface area (Å²) in [7, 11) is 0. The molecular formula is C26H26FNO4. The summed E-state index contributed by atoms with van der Waals surface area (Å²) in [5.41, 5.74) is 4.26. The number of hydrogen-bond donors (Lipinski definition) is 1. The van der Waals surface area contributed by atoms with Gasteiger partial charge in [-0.3, -0.25) is 4.79 Å². The van der Waals surface area contributed by atoms with Gasteiger partial charge in [0.2, 0.25) is 5.91 Å². The molecule has 0 spiro atoms. The van der Waals surface area contributed by atoms with Crippen LogP contribution >= 0.6 is 0 Å². The van der Waals surface area contributed by atoms with Crippen molar-refractivity contribution in [2.24, 2.45) is 0 Å². The molecule has 2 aromatic heterocycles. The van der Waals surface area contributed by atoms with E-state index in [0.29, 0.717) is 27.7 Å². The fourth-order valence-electron chi connectivity index (χ4n) is 4.07. The molecule has 2 aromatic carbocycles. The molecule has 6 heteroatoms. The van der Waals surface area contributed by atoms with Crippen LogP contribution in [0.3, 0.4) is 0 Å². The first-order chi connectivity index (χ1) is 15.1. The number of carbonyl (C=O) groups is 1. The zero-order chi connectivity index (χ0) is 23.2. The average Bonchev–Trinajstić information content (AvgIpc) is 3.17. The molecule has 4 aromatic rings. The second-order valence-corrected chi connectivity index (χ2v) is 9.24. The highest BCUT2D eigenvalue weighted by Gasteiger charge is 2.25. The molecule has 0 unspecified atom stereocenters. The number of halogens is 1. The van der Waals surface area contributed by atoms with E-state index >= 15 is 0 Å². The summed E-state index contributed by atoms with van der Waals surface area (Å²) in [5.74, 6) is -0.652. The van der Waals surface area contributed by atoms with E-state index in [4.69, 9.17) is 8.83 Å². The molecular weight excluding hydrogens is 409 g/mol. The number of amides is 1. The first kappa shape index (κ1) is 21.8. The maximum absolute atomic E-state index is 13.1. The normalized spacial score (nSPS) is 11.9. The van der Waals surface area contributed by atoms with Crippen LogP contribution in [0.5, 0.6) is 0 Å². The summed E-state index contributed by atoms with van der Waals surface area (Å²) in [5, 5.41) is 4.49. The van der Waals surface area contributed by atoms with E-state index < -0.39 is 5.63 Å². The fourth-order valence-corrected chi connectivity index (χ4v) is 4.07. The fraction of sp³-hybridized carbons (Fsp3) is 0.308. The van der Waals surface area contributed by atoms with Gasteiger partial charge in [0.25, 0.3) is 0 Å². The van der Waals surface area contributed by atoms with Crippen molar-refractivity contribution in [3.63, 3.8) is 0 Å². The molecule has 5 nitrogen and oxygen atoms in total. The van der Waals surface area contributed by atoms with E-state index in [1.54, 1.807) is 18.4 Å². The smallest absolute Gasteiger partial charge is 0.340 e. The summed E-state index contributed by atoms with van der Waals surface area (Å²) in [4.78, 5) is 25.3. The molecule has 4 rings (SSSR count). The van der Waals surface area contributed by atoms with Crippen molar-refractivity contribution in [2.45, 2.75) is 53.0 Å². The second kappa shape index (κ2) is 7.93. The predicted octanol–water partition coefficient (Wildman–Crippen LogP) is 5.45. The Balaban J connectivity index is 1.72. The van der Waals surface area contributed by atoms with Crippen LogP contribution in [-0.2, 0) is 23.2 Å². The van der Waals surface area contributed by atoms with Crippen molar-refractivity contribution in [1.29, 1.82) is 0 Å². The van der Waals surface area contributed by atoms with Crippen LogP contribution in [0, 0.1) is 19.7 Å². The minimum atomic E-state index is -0.534. The minimum absolute atomic E-state index is 0.115. The molecule has 1 N–H and O–H groups in total. The molecule has 0 fully saturated rings. The number of furan rings is 1. The first-order valence-corrected chi connectivity index (χ1v) is 10.5. The van der Waals surface area contributed by atoms with Gasteiger partial charge in [0.15, 0.2) is 0 Å². The Kier molecular flexibility index (Phi) is 5.41. The van der Waals surface area contributed by atoms with Gasteiger partial charge in [0.1, 0.15) is 17.0 Å². The summed E-state index contributed by atoms with van der Waals surface area (Å²) >= 11 is 0.